The van der Waals surface area contributed by atoms with Crippen molar-refractivity contribution in [1.29, 1.82) is 0 Å². The van der Waals surface area contributed by atoms with Crippen molar-refractivity contribution in [1.82, 2.24) is 25.1 Å². The molecule has 10 heteroatoms. The average molecular weight is 344 g/mol. The molecule has 0 radical (unpaired) electrons. The summed E-state index contributed by atoms with van der Waals surface area (Å²) in [4.78, 5) is 16.5. The van der Waals surface area contributed by atoms with Gasteiger partial charge in [0.15, 0.2) is 16.7 Å². The lowest BCUT2D eigenvalue weighted by Crippen LogP contribution is -2.01. The van der Waals surface area contributed by atoms with Crippen LogP contribution in [0.4, 0.5) is 5.95 Å². The van der Waals surface area contributed by atoms with Gasteiger partial charge in [-0.2, -0.15) is 15.0 Å². The number of nitrogen functional groups attached to an aromatic ring is 1. The molecule has 3 heterocycles. The number of rotatable bonds is 4. The van der Waals surface area contributed by atoms with Gasteiger partial charge in [0.2, 0.25) is 24.5 Å². The van der Waals surface area contributed by atoms with E-state index in [4.69, 9.17) is 19.7 Å². The Hall–Kier alpha value is -2.88. The van der Waals surface area contributed by atoms with Crippen molar-refractivity contribution >= 4 is 17.7 Å². The Morgan fingerprint density at radius 2 is 2.00 bits per heavy atom. The summed E-state index contributed by atoms with van der Waals surface area (Å²) < 4.78 is 15.9. The average Bonchev–Trinajstić information content (AvgIpc) is 3.20. The van der Waals surface area contributed by atoms with E-state index in [2.05, 4.69) is 25.1 Å². The number of nitrogens with zero attached hydrogens (tertiary/aromatic N) is 5. The van der Waals surface area contributed by atoms with Crippen LogP contribution in [-0.2, 0) is 5.75 Å². The van der Waals surface area contributed by atoms with Crippen LogP contribution in [0.15, 0.2) is 27.9 Å². The summed E-state index contributed by atoms with van der Waals surface area (Å²) in [6, 6.07) is 5.49. The van der Waals surface area contributed by atoms with E-state index in [-0.39, 0.29) is 12.7 Å². The first-order valence-corrected chi connectivity index (χ1v) is 7.99. The van der Waals surface area contributed by atoms with Crippen LogP contribution in [-0.4, -0.2) is 31.9 Å². The molecular weight excluding hydrogens is 332 g/mol. The Bertz CT molecular complexity index is 880. The number of benzene rings is 1. The Labute approximate surface area is 140 Å². The molecule has 122 valence electrons. The highest BCUT2D eigenvalue weighted by Crippen LogP contribution is 2.35. The highest BCUT2D eigenvalue weighted by atomic mass is 32.2. The molecule has 0 saturated heterocycles. The molecule has 1 aliphatic heterocycles. The van der Waals surface area contributed by atoms with Crippen molar-refractivity contribution in [3.63, 3.8) is 0 Å². The maximum absolute atomic E-state index is 5.60. The summed E-state index contributed by atoms with van der Waals surface area (Å²) in [5, 5.41) is 4.50. The molecule has 0 bridgehead atoms. The lowest BCUT2D eigenvalue weighted by atomic mass is 10.2. The molecule has 24 heavy (non-hydrogen) atoms. The highest BCUT2D eigenvalue weighted by Gasteiger charge is 2.16. The van der Waals surface area contributed by atoms with Crippen LogP contribution in [0.1, 0.15) is 11.7 Å². The maximum atomic E-state index is 5.60. The van der Waals surface area contributed by atoms with Crippen molar-refractivity contribution in [3.8, 4) is 22.9 Å². The van der Waals surface area contributed by atoms with Gasteiger partial charge in [-0.3, -0.25) is 0 Å². The molecule has 4 rings (SSSR count). The minimum atomic E-state index is 0.191. The lowest BCUT2D eigenvalue weighted by molar-refractivity contribution is 0.174. The number of nitrogens with two attached hydrogens (primary N) is 1. The molecule has 1 aromatic carbocycles. The number of anilines is 1. The summed E-state index contributed by atoms with van der Waals surface area (Å²) in [6.45, 7) is 1.98. The van der Waals surface area contributed by atoms with Crippen LogP contribution in [0.2, 0.25) is 0 Å². The second-order valence-electron chi connectivity index (χ2n) is 4.89. The number of hydrogen-bond donors (Lipinski definition) is 1. The zero-order chi connectivity index (χ0) is 16.5. The first-order chi connectivity index (χ1) is 11.7. The Kier molecular flexibility index (Phi) is 3.65. The predicted molar refractivity (Wildman–Crippen MR) is 84.4 cm³/mol. The highest BCUT2D eigenvalue weighted by molar-refractivity contribution is 7.98. The van der Waals surface area contributed by atoms with Crippen molar-refractivity contribution in [2.45, 2.75) is 17.8 Å². The maximum Gasteiger partial charge on any atom is 0.237 e. The zero-order valence-electron chi connectivity index (χ0n) is 12.6. The zero-order valence-corrected chi connectivity index (χ0v) is 13.4. The number of ether oxygens (including phenoxy) is 2. The van der Waals surface area contributed by atoms with E-state index >= 15 is 0 Å². The van der Waals surface area contributed by atoms with Crippen LogP contribution in [0.25, 0.3) is 11.4 Å². The molecule has 0 amide bonds. The van der Waals surface area contributed by atoms with Crippen LogP contribution < -0.4 is 15.2 Å². The van der Waals surface area contributed by atoms with Gasteiger partial charge in [-0.05, 0) is 25.1 Å². The first-order valence-electron chi connectivity index (χ1n) is 7.01. The lowest BCUT2D eigenvalue weighted by Gasteiger charge is -1.99. The molecule has 0 aliphatic carbocycles. The van der Waals surface area contributed by atoms with Crippen LogP contribution in [0.5, 0.6) is 11.5 Å². The van der Waals surface area contributed by atoms with Crippen molar-refractivity contribution in [2.75, 3.05) is 12.5 Å². The number of thioether (sulfide) groups is 1. The standard InChI is InChI=1S/C14H12N6O3S/c1-7-16-13(15)19-14(17-7)24-5-11-18-12(20-23-11)8-2-3-9-10(4-8)22-6-21-9/h2-4H,5-6H2,1H3,(H2,15,16,17,19). The smallest absolute Gasteiger partial charge is 0.237 e. The molecule has 0 saturated carbocycles. The van der Waals surface area contributed by atoms with Gasteiger partial charge >= 0.3 is 0 Å². The quantitative estimate of drug-likeness (QED) is 0.701. The van der Waals surface area contributed by atoms with Gasteiger partial charge in [-0.15, -0.1) is 0 Å². The summed E-state index contributed by atoms with van der Waals surface area (Å²) in [5.74, 6) is 3.51. The third-order valence-corrected chi connectivity index (χ3v) is 4.00. The van der Waals surface area contributed by atoms with Crippen molar-refractivity contribution in [3.05, 3.63) is 29.9 Å². The van der Waals surface area contributed by atoms with Crippen LogP contribution >= 0.6 is 11.8 Å². The van der Waals surface area contributed by atoms with Gasteiger partial charge < -0.3 is 19.7 Å². The molecule has 9 nitrogen and oxygen atoms in total. The minimum Gasteiger partial charge on any atom is -0.454 e. The normalized spacial score (nSPS) is 12.5. The Balaban J connectivity index is 1.48. The monoisotopic (exact) mass is 344 g/mol. The van der Waals surface area contributed by atoms with Gasteiger partial charge in [0.1, 0.15) is 5.82 Å². The van der Waals surface area contributed by atoms with Crippen molar-refractivity contribution in [2.24, 2.45) is 0 Å². The van der Waals surface area contributed by atoms with Crippen LogP contribution in [0.3, 0.4) is 0 Å². The van der Waals surface area contributed by atoms with Gasteiger partial charge in [0.05, 0.1) is 5.75 Å². The Morgan fingerprint density at radius 3 is 2.88 bits per heavy atom. The topological polar surface area (TPSA) is 122 Å². The molecule has 3 aromatic rings. The second kappa shape index (κ2) is 5.96. The predicted octanol–water partition coefficient (Wildman–Crippen LogP) is 1.83. The summed E-state index contributed by atoms with van der Waals surface area (Å²) in [6.07, 6.45) is 0. The fourth-order valence-electron chi connectivity index (χ4n) is 2.13. The largest absolute Gasteiger partial charge is 0.454 e. The molecule has 2 N–H and O–H groups in total. The van der Waals surface area contributed by atoms with Gasteiger partial charge in [0, 0.05) is 5.56 Å². The minimum absolute atomic E-state index is 0.191. The first kappa shape index (κ1) is 14.7. The van der Waals surface area contributed by atoms with Gasteiger partial charge in [0.25, 0.3) is 0 Å². The SMILES string of the molecule is Cc1nc(N)nc(SCc2nc(-c3ccc4c(c3)OCO4)no2)n1. The second-order valence-corrected chi connectivity index (χ2v) is 5.83. The Morgan fingerprint density at radius 1 is 1.12 bits per heavy atom. The number of aryl methyl sites for hydroxylation is 1. The van der Waals surface area contributed by atoms with E-state index < -0.39 is 0 Å². The van der Waals surface area contributed by atoms with E-state index in [0.717, 1.165) is 5.56 Å². The third-order valence-electron chi connectivity index (χ3n) is 3.17. The van der Waals surface area contributed by atoms with Crippen LogP contribution in [0, 0.1) is 6.92 Å². The summed E-state index contributed by atoms with van der Waals surface area (Å²) in [7, 11) is 0. The van der Waals surface area contributed by atoms with Gasteiger partial charge in [-0.25, -0.2) is 4.98 Å². The fourth-order valence-corrected chi connectivity index (χ4v) is 2.86. The summed E-state index contributed by atoms with van der Waals surface area (Å²) in [5.41, 5.74) is 6.40. The third kappa shape index (κ3) is 2.95. The molecule has 0 fully saturated rings. The van der Waals surface area contributed by atoms with E-state index in [1.165, 1.54) is 11.8 Å². The fraction of sp³-hybridized carbons (Fsp3) is 0.214. The molecule has 2 aromatic heterocycles. The number of aromatic nitrogens is 5. The molecule has 0 atom stereocenters. The molecule has 0 unspecified atom stereocenters. The van der Waals surface area contributed by atoms with E-state index in [9.17, 15) is 0 Å². The molecular formula is C14H12N6O3S. The molecule has 1 aliphatic rings. The van der Waals surface area contributed by atoms with Crippen molar-refractivity contribution < 1.29 is 14.0 Å². The number of hydrogen-bond acceptors (Lipinski definition) is 10. The molecule has 0 spiro atoms. The summed E-state index contributed by atoms with van der Waals surface area (Å²) >= 11 is 1.35. The van der Waals surface area contributed by atoms with E-state index in [1.807, 2.05) is 18.2 Å². The van der Waals surface area contributed by atoms with E-state index in [0.29, 0.717) is 39.9 Å². The van der Waals surface area contributed by atoms with E-state index in [1.54, 1.807) is 6.92 Å². The number of fused-ring (bicyclic) bond motifs is 1. The van der Waals surface area contributed by atoms with Gasteiger partial charge in [-0.1, -0.05) is 16.9 Å².